The first-order valence-corrected chi connectivity index (χ1v) is 10.6. The van der Waals surface area contributed by atoms with E-state index in [1.807, 2.05) is 18.2 Å². The van der Waals surface area contributed by atoms with Gasteiger partial charge in [-0.15, -0.1) is 0 Å². The summed E-state index contributed by atoms with van der Waals surface area (Å²) in [6, 6.07) is 18.8. The molecule has 0 spiro atoms. The Hall–Kier alpha value is -2.83. The van der Waals surface area contributed by atoms with Gasteiger partial charge in [-0.3, -0.25) is 9.89 Å². The lowest BCUT2D eigenvalue weighted by Crippen LogP contribution is -2.38. The lowest BCUT2D eigenvalue weighted by molar-refractivity contribution is 0.0341. The molecule has 3 aromatic rings. The van der Waals surface area contributed by atoms with E-state index in [1.165, 1.54) is 11.1 Å². The molecular formula is C24H30N4O2. The first kappa shape index (κ1) is 20.4. The van der Waals surface area contributed by atoms with Gasteiger partial charge in [0.1, 0.15) is 11.3 Å². The van der Waals surface area contributed by atoms with E-state index in [-0.39, 0.29) is 0 Å². The summed E-state index contributed by atoms with van der Waals surface area (Å²) in [6.45, 7) is 6.09. The van der Waals surface area contributed by atoms with Gasteiger partial charge in [0.05, 0.1) is 13.2 Å². The van der Waals surface area contributed by atoms with Gasteiger partial charge in [-0.1, -0.05) is 42.5 Å². The summed E-state index contributed by atoms with van der Waals surface area (Å²) in [5.74, 6) is 1.78. The highest BCUT2D eigenvalue weighted by Crippen LogP contribution is 2.18. The smallest absolute Gasteiger partial charge is 0.191 e. The van der Waals surface area contributed by atoms with Gasteiger partial charge in [0, 0.05) is 51.6 Å². The van der Waals surface area contributed by atoms with Gasteiger partial charge in [-0.25, -0.2) is 0 Å². The Labute approximate surface area is 177 Å². The molecule has 2 aromatic carbocycles. The van der Waals surface area contributed by atoms with E-state index in [9.17, 15) is 0 Å². The van der Waals surface area contributed by atoms with Gasteiger partial charge in [-0.2, -0.15) is 0 Å². The molecular weight excluding hydrogens is 376 g/mol. The monoisotopic (exact) mass is 406 g/mol. The van der Waals surface area contributed by atoms with Crippen molar-refractivity contribution in [3.05, 3.63) is 71.5 Å². The number of para-hydroxylation sites is 1. The summed E-state index contributed by atoms with van der Waals surface area (Å²) in [5, 5.41) is 7.97. The third kappa shape index (κ3) is 5.40. The maximum Gasteiger partial charge on any atom is 0.191 e. The maximum absolute atomic E-state index is 5.89. The number of aliphatic imine (C=N–C) groups is 1. The minimum absolute atomic E-state index is 0.741. The largest absolute Gasteiger partial charge is 0.461 e. The molecule has 1 saturated heterocycles. The SMILES string of the molecule is CN=C(NCCc1cc2ccccc2o1)NCc1ccccc1CN1CCOCC1. The summed E-state index contributed by atoms with van der Waals surface area (Å²) in [5.41, 5.74) is 3.58. The lowest BCUT2D eigenvalue weighted by Gasteiger charge is -2.27. The quantitative estimate of drug-likeness (QED) is 0.466. The number of nitrogens with zero attached hydrogens (tertiary/aromatic N) is 2. The van der Waals surface area contributed by atoms with Gasteiger partial charge in [0.2, 0.25) is 0 Å². The molecule has 0 saturated carbocycles. The molecule has 6 heteroatoms. The standard InChI is InChI=1S/C24H30N4O2/c1-25-24(26-11-10-22-16-19-6-4-5-9-23(19)30-22)27-17-20-7-2-3-8-21(20)18-28-12-14-29-15-13-28/h2-9,16H,10-15,17-18H2,1H3,(H2,25,26,27). The van der Waals surface area contributed by atoms with E-state index in [0.717, 1.165) is 75.0 Å². The van der Waals surface area contributed by atoms with Crippen molar-refractivity contribution in [1.82, 2.24) is 15.5 Å². The number of guanidine groups is 1. The Kier molecular flexibility index (Phi) is 7.00. The normalized spacial score (nSPS) is 15.4. The fourth-order valence-corrected chi connectivity index (χ4v) is 3.75. The zero-order chi connectivity index (χ0) is 20.6. The zero-order valence-corrected chi connectivity index (χ0v) is 17.6. The molecule has 0 radical (unpaired) electrons. The van der Waals surface area contributed by atoms with Crippen molar-refractivity contribution < 1.29 is 9.15 Å². The summed E-state index contributed by atoms with van der Waals surface area (Å²) in [6.07, 6.45) is 0.809. The zero-order valence-electron chi connectivity index (χ0n) is 17.6. The van der Waals surface area contributed by atoms with Crippen LogP contribution in [-0.4, -0.2) is 50.8 Å². The Morgan fingerprint density at radius 1 is 1.00 bits per heavy atom. The van der Waals surface area contributed by atoms with Crippen molar-refractivity contribution in [2.75, 3.05) is 39.9 Å². The lowest BCUT2D eigenvalue weighted by atomic mass is 10.1. The molecule has 2 N–H and O–H groups in total. The van der Waals surface area contributed by atoms with Crippen LogP contribution in [0.2, 0.25) is 0 Å². The van der Waals surface area contributed by atoms with Crippen LogP contribution in [0, 0.1) is 0 Å². The van der Waals surface area contributed by atoms with E-state index in [0.29, 0.717) is 0 Å². The topological polar surface area (TPSA) is 62.0 Å². The number of hydrogen-bond acceptors (Lipinski definition) is 4. The average molecular weight is 407 g/mol. The van der Waals surface area contributed by atoms with Crippen molar-refractivity contribution >= 4 is 16.9 Å². The van der Waals surface area contributed by atoms with E-state index < -0.39 is 0 Å². The Bertz CT molecular complexity index is 943. The second kappa shape index (κ2) is 10.3. The number of furan rings is 1. The molecule has 1 aliphatic rings. The van der Waals surface area contributed by atoms with E-state index in [1.54, 1.807) is 7.05 Å². The molecule has 6 nitrogen and oxygen atoms in total. The fraction of sp³-hybridized carbons (Fsp3) is 0.375. The third-order valence-corrected chi connectivity index (χ3v) is 5.43. The van der Waals surface area contributed by atoms with Gasteiger partial charge >= 0.3 is 0 Å². The summed E-state index contributed by atoms with van der Waals surface area (Å²) in [4.78, 5) is 6.81. The van der Waals surface area contributed by atoms with Gasteiger partial charge in [0.25, 0.3) is 0 Å². The predicted molar refractivity (Wildman–Crippen MR) is 121 cm³/mol. The molecule has 0 amide bonds. The Balaban J connectivity index is 1.28. The van der Waals surface area contributed by atoms with Gasteiger partial charge < -0.3 is 19.8 Å². The number of benzene rings is 2. The summed E-state index contributed by atoms with van der Waals surface area (Å²) >= 11 is 0. The van der Waals surface area contributed by atoms with Crippen LogP contribution in [0.15, 0.2) is 64.0 Å². The fourth-order valence-electron chi connectivity index (χ4n) is 3.75. The highest BCUT2D eigenvalue weighted by atomic mass is 16.5. The first-order chi connectivity index (χ1) is 14.8. The highest BCUT2D eigenvalue weighted by molar-refractivity contribution is 5.80. The summed E-state index contributed by atoms with van der Waals surface area (Å²) < 4.78 is 11.3. The molecule has 0 atom stereocenters. The average Bonchev–Trinajstić information content (AvgIpc) is 3.20. The van der Waals surface area contributed by atoms with Crippen LogP contribution in [0.5, 0.6) is 0 Å². The van der Waals surface area contributed by atoms with Gasteiger partial charge in [-0.05, 0) is 23.3 Å². The molecule has 1 aromatic heterocycles. The van der Waals surface area contributed by atoms with Crippen LogP contribution in [0.25, 0.3) is 11.0 Å². The molecule has 1 aliphatic heterocycles. The van der Waals surface area contributed by atoms with Crippen molar-refractivity contribution in [3.8, 4) is 0 Å². The second-order valence-electron chi connectivity index (χ2n) is 7.51. The third-order valence-electron chi connectivity index (χ3n) is 5.43. The van der Waals surface area contributed by atoms with Gasteiger partial charge in [0.15, 0.2) is 5.96 Å². The first-order valence-electron chi connectivity index (χ1n) is 10.6. The van der Waals surface area contributed by atoms with Crippen LogP contribution < -0.4 is 10.6 Å². The van der Waals surface area contributed by atoms with E-state index in [2.05, 4.69) is 56.9 Å². The molecule has 1 fully saturated rings. The van der Waals surface area contributed by atoms with Crippen LogP contribution in [-0.2, 0) is 24.2 Å². The molecule has 0 aliphatic carbocycles. The Morgan fingerprint density at radius 2 is 1.77 bits per heavy atom. The number of fused-ring (bicyclic) bond motifs is 1. The van der Waals surface area contributed by atoms with Crippen molar-refractivity contribution in [3.63, 3.8) is 0 Å². The maximum atomic E-state index is 5.89. The molecule has 30 heavy (non-hydrogen) atoms. The van der Waals surface area contributed by atoms with E-state index in [4.69, 9.17) is 9.15 Å². The number of rotatable bonds is 7. The van der Waals surface area contributed by atoms with Crippen molar-refractivity contribution in [1.29, 1.82) is 0 Å². The van der Waals surface area contributed by atoms with Crippen LogP contribution in [0.3, 0.4) is 0 Å². The minimum atomic E-state index is 0.741. The van der Waals surface area contributed by atoms with Crippen LogP contribution >= 0.6 is 0 Å². The number of morpholine rings is 1. The van der Waals surface area contributed by atoms with Crippen LogP contribution in [0.1, 0.15) is 16.9 Å². The minimum Gasteiger partial charge on any atom is -0.461 e. The number of nitrogens with one attached hydrogen (secondary N) is 2. The van der Waals surface area contributed by atoms with Crippen molar-refractivity contribution in [2.45, 2.75) is 19.5 Å². The summed E-state index contributed by atoms with van der Waals surface area (Å²) in [7, 11) is 1.80. The molecule has 158 valence electrons. The Morgan fingerprint density at radius 3 is 2.57 bits per heavy atom. The predicted octanol–water partition coefficient (Wildman–Crippen LogP) is 3.17. The van der Waals surface area contributed by atoms with E-state index >= 15 is 0 Å². The molecule has 2 heterocycles. The number of ether oxygens (including phenoxy) is 1. The highest BCUT2D eigenvalue weighted by Gasteiger charge is 2.13. The second-order valence-corrected chi connectivity index (χ2v) is 7.51. The molecule has 4 rings (SSSR count). The molecule has 0 bridgehead atoms. The van der Waals surface area contributed by atoms with Crippen LogP contribution in [0.4, 0.5) is 0 Å². The molecule has 0 unspecified atom stereocenters. The van der Waals surface area contributed by atoms with Crippen molar-refractivity contribution in [2.24, 2.45) is 4.99 Å². The number of hydrogen-bond donors (Lipinski definition) is 2.